The van der Waals surface area contributed by atoms with E-state index in [-0.39, 0.29) is 17.9 Å². The summed E-state index contributed by atoms with van der Waals surface area (Å²) < 4.78 is 5.23. The van der Waals surface area contributed by atoms with Crippen LogP contribution in [0.15, 0.2) is 36.4 Å². The van der Waals surface area contributed by atoms with Crippen LogP contribution in [0.2, 0.25) is 15.1 Å². The molecule has 1 fully saturated rings. The maximum absolute atomic E-state index is 12.7. The van der Waals surface area contributed by atoms with Gasteiger partial charge in [0, 0.05) is 29.2 Å². The van der Waals surface area contributed by atoms with Crippen LogP contribution in [0, 0.1) is 0 Å². The molecule has 1 N–H and O–H groups in total. The van der Waals surface area contributed by atoms with Crippen molar-refractivity contribution in [2.24, 2.45) is 0 Å². The van der Waals surface area contributed by atoms with E-state index in [9.17, 15) is 9.59 Å². The summed E-state index contributed by atoms with van der Waals surface area (Å²) in [6.45, 7) is 1.03. The van der Waals surface area contributed by atoms with E-state index in [4.69, 9.17) is 39.5 Å². The summed E-state index contributed by atoms with van der Waals surface area (Å²) in [7, 11) is 1.51. The molecule has 2 aromatic rings. The minimum absolute atomic E-state index is 0.0462. The van der Waals surface area contributed by atoms with Crippen molar-refractivity contribution in [1.82, 2.24) is 10.2 Å². The Morgan fingerprint density at radius 1 is 1.00 bits per heavy atom. The first-order valence-corrected chi connectivity index (χ1v) is 9.91. The molecule has 0 bridgehead atoms. The Hall–Kier alpha value is -1.95. The fourth-order valence-corrected chi connectivity index (χ4v) is 3.72. The van der Waals surface area contributed by atoms with Crippen LogP contribution < -0.4 is 10.1 Å². The van der Waals surface area contributed by atoms with Gasteiger partial charge in [0.15, 0.2) is 0 Å². The second-order valence-corrected chi connectivity index (χ2v) is 7.79. The molecule has 1 aliphatic heterocycles. The highest BCUT2D eigenvalue weighted by Gasteiger charge is 2.26. The number of nitrogens with one attached hydrogen (secondary N) is 1. The van der Waals surface area contributed by atoms with Gasteiger partial charge in [-0.1, -0.05) is 34.8 Å². The van der Waals surface area contributed by atoms with Gasteiger partial charge in [0.2, 0.25) is 0 Å². The number of amides is 2. The van der Waals surface area contributed by atoms with Gasteiger partial charge in [-0.3, -0.25) is 9.59 Å². The Morgan fingerprint density at radius 2 is 1.61 bits per heavy atom. The van der Waals surface area contributed by atoms with Gasteiger partial charge in [0.25, 0.3) is 11.8 Å². The van der Waals surface area contributed by atoms with Crippen LogP contribution in [0.1, 0.15) is 33.6 Å². The van der Waals surface area contributed by atoms with Crippen molar-refractivity contribution >= 4 is 46.6 Å². The van der Waals surface area contributed by atoms with Crippen molar-refractivity contribution in [2.45, 2.75) is 18.9 Å². The zero-order valence-electron chi connectivity index (χ0n) is 15.2. The summed E-state index contributed by atoms with van der Waals surface area (Å²) in [5, 5.41) is 4.29. The molecule has 5 nitrogen and oxygen atoms in total. The minimum Gasteiger partial charge on any atom is -0.496 e. The molecule has 148 valence electrons. The highest BCUT2D eigenvalue weighted by Crippen LogP contribution is 2.25. The van der Waals surface area contributed by atoms with Crippen LogP contribution in [0.4, 0.5) is 0 Å². The van der Waals surface area contributed by atoms with Crippen LogP contribution in [-0.4, -0.2) is 43.0 Å². The van der Waals surface area contributed by atoms with E-state index in [1.807, 2.05) is 0 Å². The smallest absolute Gasteiger partial charge is 0.255 e. The highest BCUT2D eigenvalue weighted by atomic mass is 35.5. The summed E-state index contributed by atoms with van der Waals surface area (Å²) in [6.07, 6.45) is 1.27. The first-order chi connectivity index (χ1) is 13.4. The zero-order valence-corrected chi connectivity index (χ0v) is 17.4. The molecule has 0 unspecified atom stereocenters. The van der Waals surface area contributed by atoms with Crippen molar-refractivity contribution in [3.05, 3.63) is 62.6 Å². The second-order valence-electron chi connectivity index (χ2n) is 6.51. The normalized spacial score (nSPS) is 14.6. The quantitative estimate of drug-likeness (QED) is 0.749. The molecule has 1 heterocycles. The molecular formula is C20H19Cl3N2O3. The van der Waals surface area contributed by atoms with Crippen LogP contribution in [-0.2, 0) is 0 Å². The molecule has 2 aromatic carbocycles. The van der Waals surface area contributed by atoms with E-state index in [0.29, 0.717) is 57.9 Å². The van der Waals surface area contributed by atoms with E-state index >= 15 is 0 Å². The Bertz CT molecular complexity index is 896. The fourth-order valence-electron chi connectivity index (χ4n) is 3.18. The number of methoxy groups -OCH3 is 1. The van der Waals surface area contributed by atoms with Crippen molar-refractivity contribution in [3.63, 3.8) is 0 Å². The number of likely N-dealkylation sites (tertiary alicyclic amines) is 1. The average Bonchev–Trinajstić information content (AvgIpc) is 2.69. The second kappa shape index (κ2) is 9.03. The van der Waals surface area contributed by atoms with E-state index in [1.54, 1.807) is 41.3 Å². The lowest BCUT2D eigenvalue weighted by molar-refractivity contribution is 0.0698. The number of piperidine rings is 1. The lowest BCUT2D eigenvalue weighted by Crippen LogP contribution is -2.46. The van der Waals surface area contributed by atoms with Gasteiger partial charge in [-0.2, -0.15) is 0 Å². The molecule has 1 aliphatic rings. The predicted octanol–water partition coefficient (Wildman–Crippen LogP) is 4.69. The van der Waals surface area contributed by atoms with Crippen molar-refractivity contribution in [3.8, 4) is 5.75 Å². The molecule has 0 radical (unpaired) electrons. The number of nitrogens with zero attached hydrogens (tertiary/aromatic N) is 1. The lowest BCUT2D eigenvalue weighted by atomic mass is 10.0. The van der Waals surface area contributed by atoms with E-state index < -0.39 is 0 Å². The first kappa shape index (κ1) is 20.8. The number of carbonyl (C=O) groups is 2. The standard InChI is InChI=1S/C20H19Cl3N2O3/c1-28-18-5-3-13(22)11-16(18)19(26)24-14-6-8-25(9-7-14)20(27)15-10-12(21)2-4-17(15)23/h2-5,10-11,14H,6-9H2,1H3,(H,24,26). The van der Waals surface area contributed by atoms with Gasteiger partial charge in [-0.05, 0) is 49.2 Å². The van der Waals surface area contributed by atoms with Gasteiger partial charge in [0.05, 0.1) is 23.3 Å². The van der Waals surface area contributed by atoms with Crippen molar-refractivity contribution in [1.29, 1.82) is 0 Å². The topological polar surface area (TPSA) is 58.6 Å². The summed E-state index contributed by atoms with van der Waals surface area (Å²) >= 11 is 18.1. The van der Waals surface area contributed by atoms with Gasteiger partial charge >= 0.3 is 0 Å². The molecule has 28 heavy (non-hydrogen) atoms. The number of carbonyl (C=O) groups excluding carboxylic acids is 2. The predicted molar refractivity (Wildman–Crippen MR) is 111 cm³/mol. The number of hydrogen-bond donors (Lipinski definition) is 1. The highest BCUT2D eigenvalue weighted by molar-refractivity contribution is 6.35. The average molecular weight is 442 g/mol. The summed E-state index contributed by atoms with van der Waals surface area (Å²) in [4.78, 5) is 27.0. The summed E-state index contributed by atoms with van der Waals surface area (Å²) in [6, 6.07) is 9.70. The van der Waals surface area contributed by atoms with E-state index in [1.165, 1.54) is 7.11 Å². The molecule has 1 saturated heterocycles. The van der Waals surface area contributed by atoms with Gasteiger partial charge in [0.1, 0.15) is 5.75 Å². The molecule has 8 heteroatoms. The molecule has 0 spiro atoms. The van der Waals surface area contributed by atoms with Crippen LogP contribution in [0.5, 0.6) is 5.75 Å². The molecule has 0 aromatic heterocycles. The van der Waals surface area contributed by atoms with E-state index in [0.717, 1.165) is 0 Å². The largest absolute Gasteiger partial charge is 0.496 e. The molecule has 2 amide bonds. The Kier molecular flexibility index (Phi) is 6.70. The third-order valence-corrected chi connectivity index (χ3v) is 5.48. The number of benzene rings is 2. The monoisotopic (exact) mass is 440 g/mol. The number of halogens is 3. The SMILES string of the molecule is COc1ccc(Cl)cc1C(=O)NC1CCN(C(=O)c2cc(Cl)ccc2Cl)CC1. The molecular weight excluding hydrogens is 423 g/mol. The maximum atomic E-state index is 12.7. The molecule has 0 aliphatic carbocycles. The molecule has 0 atom stereocenters. The summed E-state index contributed by atoms with van der Waals surface area (Å²) in [5.41, 5.74) is 0.777. The number of rotatable bonds is 4. The van der Waals surface area contributed by atoms with E-state index in [2.05, 4.69) is 5.32 Å². The lowest BCUT2D eigenvalue weighted by Gasteiger charge is -2.32. The third-order valence-electron chi connectivity index (χ3n) is 4.68. The fraction of sp³-hybridized carbons (Fsp3) is 0.300. The first-order valence-electron chi connectivity index (χ1n) is 8.77. The molecule has 3 rings (SSSR count). The zero-order chi connectivity index (χ0) is 20.3. The van der Waals surface area contributed by atoms with Gasteiger partial charge in [-0.15, -0.1) is 0 Å². The van der Waals surface area contributed by atoms with Crippen LogP contribution in [0.3, 0.4) is 0 Å². The van der Waals surface area contributed by atoms with Gasteiger partial charge in [-0.25, -0.2) is 0 Å². The maximum Gasteiger partial charge on any atom is 0.255 e. The minimum atomic E-state index is -0.248. The van der Waals surface area contributed by atoms with Crippen LogP contribution >= 0.6 is 34.8 Å². The summed E-state index contributed by atoms with van der Waals surface area (Å²) in [5.74, 6) is 0.0564. The Labute approximate surface area is 178 Å². The number of hydrogen-bond acceptors (Lipinski definition) is 3. The Morgan fingerprint density at radius 3 is 2.25 bits per heavy atom. The Balaban J connectivity index is 1.61. The number of ether oxygens (including phenoxy) is 1. The van der Waals surface area contributed by atoms with Gasteiger partial charge < -0.3 is 15.0 Å². The van der Waals surface area contributed by atoms with Crippen LogP contribution in [0.25, 0.3) is 0 Å². The molecule has 0 saturated carbocycles. The van der Waals surface area contributed by atoms with Crippen molar-refractivity contribution < 1.29 is 14.3 Å². The van der Waals surface area contributed by atoms with Crippen molar-refractivity contribution in [2.75, 3.05) is 20.2 Å². The third kappa shape index (κ3) is 4.72.